The summed E-state index contributed by atoms with van der Waals surface area (Å²) < 4.78 is 5.89. The standard InChI is InChI=1S/C14H18BrClO/c1-10-2-7-14(17-10)8-12(9-15)11-3-5-13(16)6-4-11/h3-6,10,12,14H,2,7-9H2,1H3. The molecule has 1 fully saturated rings. The number of hydrogen-bond donors (Lipinski definition) is 0. The quantitative estimate of drug-likeness (QED) is 0.726. The average Bonchev–Trinajstić information content (AvgIpc) is 2.73. The number of hydrogen-bond acceptors (Lipinski definition) is 1. The van der Waals surface area contributed by atoms with Gasteiger partial charge in [0.15, 0.2) is 0 Å². The molecule has 0 spiro atoms. The molecular weight excluding hydrogens is 300 g/mol. The van der Waals surface area contributed by atoms with E-state index in [1.165, 1.54) is 18.4 Å². The second-order valence-corrected chi connectivity index (χ2v) is 5.87. The Morgan fingerprint density at radius 2 is 2.06 bits per heavy atom. The monoisotopic (exact) mass is 316 g/mol. The lowest BCUT2D eigenvalue weighted by atomic mass is 9.94. The molecule has 1 aromatic carbocycles. The normalized spacial score (nSPS) is 26.1. The Kier molecular flexibility index (Phi) is 4.89. The van der Waals surface area contributed by atoms with E-state index >= 15 is 0 Å². The summed E-state index contributed by atoms with van der Waals surface area (Å²) in [4.78, 5) is 0. The summed E-state index contributed by atoms with van der Waals surface area (Å²) in [6.07, 6.45) is 4.33. The van der Waals surface area contributed by atoms with Crippen molar-refractivity contribution < 1.29 is 4.74 Å². The molecule has 0 saturated carbocycles. The van der Waals surface area contributed by atoms with Gasteiger partial charge < -0.3 is 4.74 Å². The van der Waals surface area contributed by atoms with Crippen LogP contribution in [0.1, 0.15) is 37.7 Å². The van der Waals surface area contributed by atoms with Gasteiger partial charge in [-0.2, -0.15) is 0 Å². The minimum atomic E-state index is 0.420. The van der Waals surface area contributed by atoms with Crippen molar-refractivity contribution in [2.45, 2.75) is 44.3 Å². The Hall–Kier alpha value is -0.0500. The van der Waals surface area contributed by atoms with Crippen molar-refractivity contribution in [3.63, 3.8) is 0 Å². The van der Waals surface area contributed by atoms with Crippen LogP contribution >= 0.6 is 27.5 Å². The lowest BCUT2D eigenvalue weighted by Gasteiger charge is -2.19. The van der Waals surface area contributed by atoms with Gasteiger partial charge in [-0.1, -0.05) is 39.7 Å². The van der Waals surface area contributed by atoms with Crippen molar-refractivity contribution in [1.82, 2.24) is 0 Å². The van der Waals surface area contributed by atoms with Crippen molar-refractivity contribution in [2.24, 2.45) is 0 Å². The summed E-state index contributed by atoms with van der Waals surface area (Å²) in [6, 6.07) is 8.16. The lowest BCUT2D eigenvalue weighted by Crippen LogP contribution is -2.14. The SMILES string of the molecule is CC1CCC(CC(CBr)c2ccc(Cl)cc2)O1. The Morgan fingerprint density at radius 3 is 2.59 bits per heavy atom. The molecule has 1 nitrogen and oxygen atoms in total. The van der Waals surface area contributed by atoms with Crippen molar-refractivity contribution in [2.75, 3.05) is 5.33 Å². The zero-order valence-electron chi connectivity index (χ0n) is 10.0. The molecule has 0 N–H and O–H groups in total. The van der Waals surface area contributed by atoms with E-state index in [4.69, 9.17) is 16.3 Å². The van der Waals surface area contributed by atoms with Crippen LogP contribution in [0.3, 0.4) is 0 Å². The minimum absolute atomic E-state index is 0.420. The van der Waals surface area contributed by atoms with Gasteiger partial charge in [-0.15, -0.1) is 0 Å². The largest absolute Gasteiger partial charge is 0.375 e. The molecule has 2 rings (SSSR count). The molecule has 0 aliphatic carbocycles. The molecule has 1 aliphatic heterocycles. The summed E-state index contributed by atoms with van der Waals surface area (Å²) in [5.74, 6) is 0.516. The number of benzene rings is 1. The fourth-order valence-corrected chi connectivity index (χ4v) is 3.16. The predicted molar refractivity (Wildman–Crippen MR) is 76.2 cm³/mol. The van der Waals surface area contributed by atoms with Crippen LogP contribution in [0.25, 0.3) is 0 Å². The first-order valence-electron chi connectivity index (χ1n) is 6.16. The number of alkyl halides is 1. The maximum atomic E-state index is 5.91. The van der Waals surface area contributed by atoms with E-state index in [1.54, 1.807) is 0 Å². The van der Waals surface area contributed by atoms with Gasteiger partial charge in [0.05, 0.1) is 12.2 Å². The van der Waals surface area contributed by atoms with E-state index in [2.05, 4.69) is 35.0 Å². The Balaban J connectivity index is 1.98. The number of ether oxygens (including phenoxy) is 1. The molecule has 1 saturated heterocycles. The summed E-state index contributed by atoms with van der Waals surface area (Å²) >= 11 is 9.52. The van der Waals surface area contributed by atoms with E-state index in [0.717, 1.165) is 16.8 Å². The molecule has 1 aromatic rings. The van der Waals surface area contributed by atoms with Crippen molar-refractivity contribution in [3.8, 4) is 0 Å². The molecular formula is C14H18BrClO. The van der Waals surface area contributed by atoms with E-state index < -0.39 is 0 Å². The first kappa shape index (κ1) is 13.4. The summed E-state index contributed by atoms with van der Waals surface area (Å²) in [6.45, 7) is 2.16. The van der Waals surface area contributed by atoms with Gasteiger partial charge in [0.25, 0.3) is 0 Å². The maximum Gasteiger partial charge on any atom is 0.0585 e. The third-order valence-corrected chi connectivity index (χ3v) is 4.43. The lowest BCUT2D eigenvalue weighted by molar-refractivity contribution is 0.0479. The van der Waals surface area contributed by atoms with Gasteiger partial charge in [-0.25, -0.2) is 0 Å². The van der Waals surface area contributed by atoms with Crippen LogP contribution in [0.2, 0.25) is 5.02 Å². The fraction of sp³-hybridized carbons (Fsp3) is 0.571. The van der Waals surface area contributed by atoms with Crippen molar-refractivity contribution in [1.29, 1.82) is 0 Å². The molecule has 3 atom stereocenters. The third-order valence-electron chi connectivity index (χ3n) is 3.40. The van der Waals surface area contributed by atoms with Gasteiger partial charge in [0.1, 0.15) is 0 Å². The second kappa shape index (κ2) is 6.21. The van der Waals surface area contributed by atoms with Gasteiger partial charge >= 0.3 is 0 Å². The first-order valence-corrected chi connectivity index (χ1v) is 7.66. The van der Waals surface area contributed by atoms with E-state index in [1.807, 2.05) is 12.1 Å². The molecule has 1 heterocycles. The molecule has 3 unspecified atom stereocenters. The Morgan fingerprint density at radius 1 is 1.35 bits per heavy atom. The molecule has 0 amide bonds. The predicted octanol–water partition coefficient (Wildman–Crippen LogP) is 4.78. The van der Waals surface area contributed by atoms with Gasteiger partial charge in [-0.3, -0.25) is 0 Å². The van der Waals surface area contributed by atoms with Crippen LogP contribution in [0.15, 0.2) is 24.3 Å². The van der Waals surface area contributed by atoms with Crippen LogP contribution in [-0.2, 0) is 4.74 Å². The topological polar surface area (TPSA) is 9.23 Å². The Labute approximate surface area is 117 Å². The summed E-state index contributed by atoms with van der Waals surface area (Å²) in [7, 11) is 0. The highest BCUT2D eigenvalue weighted by Crippen LogP contribution is 2.31. The van der Waals surface area contributed by atoms with E-state index in [9.17, 15) is 0 Å². The maximum absolute atomic E-state index is 5.91. The van der Waals surface area contributed by atoms with Crippen LogP contribution < -0.4 is 0 Å². The van der Waals surface area contributed by atoms with Crippen LogP contribution in [0.5, 0.6) is 0 Å². The zero-order valence-corrected chi connectivity index (χ0v) is 12.4. The summed E-state index contributed by atoms with van der Waals surface area (Å²) in [5, 5.41) is 1.77. The van der Waals surface area contributed by atoms with Gasteiger partial charge in [0.2, 0.25) is 0 Å². The van der Waals surface area contributed by atoms with Crippen LogP contribution in [-0.4, -0.2) is 17.5 Å². The summed E-state index contributed by atoms with van der Waals surface area (Å²) in [5.41, 5.74) is 1.34. The van der Waals surface area contributed by atoms with Crippen LogP contribution in [0, 0.1) is 0 Å². The smallest absolute Gasteiger partial charge is 0.0585 e. The molecule has 0 radical (unpaired) electrons. The third kappa shape index (κ3) is 3.70. The van der Waals surface area contributed by atoms with Crippen molar-refractivity contribution >= 4 is 27.5 Å². The number of rotatable bonds is 4. The minimum Gasteiger partial charge on any atom is -0.375 e. The molecule has 0 aromatic heterocycles. The van der Waals surface area contributed by atoms with Crippen molar-refractivity contribution in [3.05, 3.63) is 34.9 Å². The molecule has 17 heavy (non-hydrogen) atoms. The Bertz CT molecular complexity index is 352. The highest BCUT2D eigenvalue weighted by Gasteiger charge is 2.25. The van der Waals surface area contributed by atoms with Gasteiger partial charge in [-0.05, 0) is 49.8 Å². The molecule has 1 aliphatic rings. The van der Waals surface area contributed by atoms with E-state index in [0.29, 0.717) is 18.1 Å². The average molecular weight is 318 g/mol. The zero-order chi connectivity index (χ0) is 12.3. The molecule has 3 heteroatoms. The molecule has 94 valence electrons. The second-order valence-electron chi connectivity index (χ2n) is 4.78. The number of halogens is 2. The first-order chi connectivity index (χ1) is 8.19. The molecule has 0 bridgehead atoms. The van der Waals surface area contributed by atoms with Gasteiger partial charge in [0, 0.05) is 10.4 Å². The highest BCUT2D eigenvalue weighted by molar-refractivity contribution is 9.09. The fourth-order valence-electron chi connectivity index (χ4n) is 2.40. The highest BCUT2D eigenvalue weighted by atomic mass is 79.9. The van der Waals surface area contributed by atoms with E-state index in [-0.39, 0.29) is 0 Å². The van der Waals surface area contributed by atoms with Crippen LogP contribution in [0.4, 0.5) is 0 Å².